The number of aromatic nitrogens is 3. The summed E-state index contributed by atoms with van der Waals surface area (Å²) in [6.45, 7) is 3.18. The van der Waals surface area contributed by atoms with Crippen molar-refractivity contribution in [2.75, 3.05) is 6.54 Å². The Hall–Kier alpha value is -0.720. The van der Waals surface area contributed by atoms with Crippen LogP contribution in [0.5, 0.6) is 0 Å². The van der Waals surface area contributed by atoms with Gasteiger partial charge < -0.3 is 5.32 Å². The third kappa shape index (κ3) is 3.18. The molecule has 0 saturated heterocycles. The molecule has 0 aliphatic rings. The second-order valence-electron chi connectivity index (χ2n) is 4.14. The molecule has 0 bridgehead atoms. The van der Waals surface area contributed by atoms with Gasteiger partial charge in [0, 0.05) is 28.9 Å². The Bertz CT molecular complexity index is 494. The lowest BCUT2D eigenvalue weighted by atomic mass is 10.1. The lowest BCUT2D eigenvalue weighted by Crippen LogP contribution is -2.24. The van der Waals surface area contributed by atoms with Gasteiger partial charge in [-0.1, -0.05) is 6.92 Å². The molecule has 18 heavy (non-hydrogen) atoms. The van der Waals surface area contributed by atoms with Gasteiger partial charge in [0.25, 0.3) is 0 Å². The van der Waals surface area contributed by atoms with E-state index in [9.17, 15) is 0 Å². The Labute approximate surface area is 120 Å². The van der Waals surface area contributed by atoms with Crippen LogP contribution in [0.15, 0.2) is 22.2 Å². The van der Waals surface area contributed by atoms with Gasteiger partial charge in [0.05, 0.1) is 0 Å². The second kappa shape index (κ2) is 6.45. The van der Waals surface area contributed by atoms with Crippen molar-refractivity contribution in [1.82, 2.24) is 20.1 Å². The predicted octanol–water partition coefficient (Wildman–Crippen LogP) is 2.92. The molecular formula is C12H17BrN4S. The fraction of sp³-hybridized carbons (Fsp3) is 0.500. The summed E-state index contributed by atoms with van der Waals surface area (Å²) in [5.74, 6) is 1.00. The Morgan fingerprint density at radius 3 is 2.94 bits per heavy atom. The van der Waals surface area contributed by atoms with Crippen LogP contribution in [-0.2, 0) is 13.5 Å². The molecule has 0 amide bonds. The summed E-state index contributed by atoms with van der Waals surface area (Å²) in [5, 5.41) is 9.81. The van der Waals surface area contributed by atoms with Crippen molar-refractivity contribution >= 4 is 27.3 Å². The van der Waals surface area contributed by atoms with E-state index < -0.39 is 0 Å². The number of nitrogens with one attached hydrogen (secondary N) is 1. The van der Waals surface area contributed by atoms with Crippen LogP contribution in [0.4, 0.5) is 0 Å². The third-order valence-electron chi connectivity index (χ3n) is 2.79. The van der Waals surface area contributed by atoms with E-state index in [0.717, 1.165) is 25.2 Å². The zero-order valence-electron chi connectivity index (χ0n) is 10.6. The first-order chi connectivity index (χ1) is 8.72. The Kier molecular flexibility index (Phi) is 4.91. The van der Waals surface area contributed by atoms with Crippen LogP contribution in [0.1, 0.15) is 30.1 Å². The summed E-state index contributed by atoms with van der Waals surface area (Å²) in [4.78, 5) is 5.63. The SMILES string of the molecule is CCCNC(Cc1ncnn1C)c1sccc1Br. The molecule has 2 rings (SSSR count). The highest BCUT2D eigenvalue weighted by Crippen LogP contribution is 2.30. The summed E-state index contributed by atoms with van der Waals surface area (Å²) in [6.07, 6.45) is 3.59. The minimum atomic E-state index is 0.294. The second-order valence-corrected chi connectivity index (χ2v) is 5.95. The Morgan fingerprint density at radius 2 is 2.39 bits per heavy atom. The molecule has 0 aliphatic heterocycles. The van der Waals surface area contributed by atoms with Gasteiger partial charge in [0.2, 0.25) is 0 Å². The van der Waals surface area contributed by atoms with Crippen molar-refractivity contribution in [3.8, 4) is 0 Å². The molecular weight excluding hydrogens is 312 g/mol. The smallest absolute Gasteiger partial charge is 0.138 e. The van der Waals surface area contributed by atoms with E-state index in [1.807, 2.05) is 11.7 Å². The summed E-state index contributed by atoms with van der Waals surface area (Å²) < 4.78 is 3.01. The van der Waals surface area contributed by atoms with Gasteiger partial charge in [-0.2, -0.15) is 5.10 Å². The van der Waals surface area contributed by atoms with Gasteiger partial charge in [-0.05, 0) is 40.3 Å². The highest BCUT2D eigenvalue weighted by Gasteiger charge is 2.18. The molecule has 1 unspecified atom stereocenters. The molecule has 0 aromatic carbocycles. The fourth-order valence-corrected chi connectivity index (χ4v) is 3.54. The summed E-state index contributed by atoms with van der Waals surface area (Å²) in [5.41, 5.74) is 0. The van der Waals surface area contributed by atoms with Crippen molar-refractivity contribution < 1.29 is 0 Å². The zero-order valence-corrected chi connectivity index (χ0v) is 13.0. The minimum Gasteiger partial charge on any atom is -0.309 e. The number of nitrogens with zero attached hydrogens (tertiary/aromatic N) is 3. The van der Waals surface area contributed by atoms with Crippen LogP contribution in [0.3, 0.4) is 0 Å². The molecule has 0 spiro atoms. The maximum atomic E-state index is 4.30. The van der Waals surface area contributed by atoms with E-state index in [-0.39, 0.29) is 0 Å². The van der Waals surface area contributed by atoms with Gasteiger partial charge in [-0.15, -0.1) is 11.3 Å². The fourth-order valence-electron chi connectivity index (χ4n) is 1.82. The van der Waals surface area contributed by atoms with E-state index >= 15 is 0 Å². The Balaban J connectivity index is 2.15. The average molecular weight is 329 g/mol. The van der Waals surface area contributed by atoms with E-state index in [1.165, 1.54) is 9.35 Å². The number of hydrogen-bond donors (Lipinski definition) is 1. The molecule has 2 aromatic heterocycles. The van der Waals surface area contributed by atoms with Crippen LogP contribution in [0.2, 0.25) is 0 Å². The third-order valence-corrected chi connectivity index (χ3v) is 4.78. The largest absolute Gasteiger partial charge is 0.309 e. The van der Waals surface area contributed by atoms with Crippen LogP contribution in [-0.4, -0.2) is 21.3 Å². The molecule has 6 heteroatoms. The van der Waals surface area contributed by atoms with Crippen molar-refractivity contribution in [1.29, 1.82) is 0 Å². The van der Waals surface area contributed by atoms with Gasteiger partial charge in [0.1, 0.15) is 12.2 Å². The van der Waals surface area contributed by atoms with E-state index in [0.29, 0.717) is 6.04 Å². The van der Waals surface area contributed by atoms with Gasteiger partial charge in [-0.25, -0.2) is 4.98 Å². The molecule has 1 N–H and O–H groups in total. The standard InChI is InChI=1S/C12H17BrN4S/c1-3-5-14-10(12-9(13)4-6-18-12)7-11-15-8-16-17(11)2/h4,6,8,10,14H,3,5,7H2,1-2H3. The molecule has 98 valence electrons. The zero-order chi connectivity index (χ0) is 13.0. The molecule has 0 fully saturated rings. The van der Waals surface area contributed by atoms with Crippen LogP contribution in [0.25, 0.3) is 0 Å². The highest BCUT2D eigenvalue weighted by molar-refractivity contribution is 9.10. The van der Waals surface area contributed by atoms with Crippen molar-refractivity contribution in [2.24, 2.45) is 7.05 Å². The first-order valence-electron chi connectivity index (χ1n) is 6.01. The Morgan fingerprint density at radius 1 is 1.56 bits per heavy atom. The molecule has 1 atom stereocenters. The summed E-state index contributed by atoms with van der Waals surface area (Å²) in [6, 6.07) is 2.39. The van der Waals surface area contributed by atoms with Crippen LogP contribution in [0, 0.1) is 0 Å². The number of thiophene rings is 1. The van der Waals surface area contributed by atoms with Gasteiger partial charge in [0.15, 0.2) is 0 Å². The number of hydrogen-bond acceptors (Lipinski definition) is 4. The van der Waals surface area contributed by atoms with Crippen LogP contribution >= 0.6 is 27.3 Å². The van der Waals surface area contributed by atoms with Gasteiger partial charge >= 0.3 is 0 Å². The van der Waals surface area contributed by atoms with E-state index in [2.05, 4.69) is 49.7 Å². The number of aryl methyl sites for hydroxylation is 1. The lowest BCUT2D eigenvalue weighted by Gasteiger charge is -2.17. The molecule has 0 radical (unpaired) electrons. The first-order valence-corrected chi connectivity index (χ1v) is 7.68. The molecule has 0 aliphatic carbocycles. The predicted molar refractivity (Wildman–Crippen MR) is 77.8 cm³/mol. The van der Waals surface area contributed by atoms with Crippen LogP contribution < -0.4 is 5.32 Å². The molecule has 4 nitrogen and oxygen atoms in total. The molecule has 0 saturated carbocycles. The maximum Gasteiger partial charge on any atom is 0.138 e. The minimum absolute atomic E-state index is 0.294. The average Bonchev–Trinajstić information content (AvgIpc) is 2.94. The maximum absolute atomic E-state index is 4.30. The van der Waals surface area contributed by atoms with Crippen molar-refractivity contribution in [3.05, 3.63) is 32.9 Å². The summed E-state index contributed by atoms with van der Waals surface area (Å²) in [7, 11) is 1.93. The molecule has 2 heterocycles. The van der Waals surface area contributed by atoms with Gasteiger partial charge in [-0.3, -0.25) is 4.68 Å². The highest BCUT2D eigenvalue weighted by atomic mass is 79.9. The quantitative estimate of drug-likeness (QED) is 0.886. The number of halogens is 1. The first kappa shape index (κ1) is 13.7. The topological polar surface area (TPSA) is 42.7 Å². The van der Waals surface area contributed by atoms with Crippen molar-refractivity contribution in [2.45, 2.75) is 25.8 Å². The normalized spacial score (nSPS) is 12.8. The van der Waals surface area contributed by atoms with E-state index in [1.54, 1.807) is 17.7 Å². The number of rotatable bonds is 6. The summed E-state index contributed by atoms with van der Waals surface area (Å²) >= 11 is 5.38. The van der Waals surface area contributed by atoms with E-state index in [4.69, 9.17) is 0 Å². The molecule has 2 aromatic rings. The lowest BCUT2D eigenvalue weighted by molar-refractivity contribution is 0.512. The van der Waals surface area contributed by atoms with Crippen molar-refractivity contribution in [3.63, 3.8) is 0 Å². The monoisotopic (exact) mass is 328 g/mol.